The van der Waals surface area contributed by atoms with Crippen LogP contribution < -0.4 is 4.74 Å². The number of hydrogen-bond donors (Lipinski definition) is 0. The summed E-state index contributed by atoms with van der Waals surface area (Å²) in [7, 11) is 0. The van der Waals surface area contributed by atoms with Crippen LogP contribution in [0.2, 0.25) is 10.0 Å². The molecule has 1 aliphatic heterocycles. The molecule has 0 aliphatic carbocycles. The van der Waals surface area contributed by atoms with E-state index in [1.54, 1.807) is 18.2 Å². The van der Waals surface area contributed by atoms with E-state index in [1.165, 1.54) is 16.7 Å². The van der Waals surface area contributed by atoms with E-state index in [-0.39, 0.29) is 24.9 Å². The summed E-state index contributed by atoms with van der Waals surface area (Å²) in [6.45, 7) is 2.95. The maximum absolute atomic E-state index is 13.0. The van der Waals surface area contributed by atoms with Crippen molar-refractivity contribution in [2.45, 2.75) is 32.8 Å². The molecule has 34 heavy (non-hydrogen) atoms. The summed E-state index contributed by atoms with van der Waals surface area (Å²) in [6, 6.07) is 10.8. The fourth-order valence-corrected chi connectivity index (χ4v) is 5.20. The number of carbonyl (C=O) groups is 2. The fourth-order valence-electron chi connectivity index (χ4n) is 3.06. The fraction of sp³-hybridized carbons (Fsp3) is 0.292. The first-order valence-corrected chi connectivity index (χ1v) is 13.3. The number of nitrogens with zero attached hydrogens (tertiary/aromatic N) is 1. The molecule has 1 aliphatic rings. The summed E-state index contributed by atoms with van der Waals surface area (Å²) in [4.78, 5) is 26.7. The van der Waals surface area contributed by atoms with Crippen molar-refractivity contribution in [2.24, 2.45) is 0 Å². The van der Waals surface area contributed by atoms with E-state index in [9.17, 15) is 9.59 Å². The normalized spacial score (nSPS) is 14.7. The van der Waals surface area contributed by atoms with Gasteiger partial charge in [0.05, 0.1) is 11.5 Å². The highest BCUT2D eigenvalue weighted by atomic mass is 79.9. The molecule has 0 radical (unpaired) electrons. The van der Waals surface area contributed by atoms with Crippen LogP contribution in [0, 0.1) is 0 Å². The Labute approximate surface area is 226 Å². The van der Waals surface area contributed by atoms with Gasteiger partial charge in [-0.25, -0.2) is 0 Å². The second-order valence-corrected chi connectivity index (χ2v) is 10.8. The summed E-state index contributed by atoms with van der Waals surface area (Å²) >= 11 is 22.3. The van der Waals surface area contributed by atoms with Gasteiger partial charge in [0, 0.05) is 38.6 Å². The number of amides is 1. The molecule has 0 atom stereocenters. The van der Waals surface area contributed by atoms with Crippen molar-refractivity contribution in [3.8, 4) is 5.75 Å². The van der Waals surface area contributed by atoms with Gasteiger partial charge < -0.3 is 9.47 Å². The lowest BCUT2D eigenvalue weighted by Crippen LogP contribution is -2.29. The lowest BCUT2D eigenvalue weighted by molar-refractivity contribution is -0.144. The third kappa shape index (κ3) is 7.46. The predicted molar refractivity (Wildman–Crippen MR) is 145 cm³/mol. The van der Waals surface area contributed by atoms with Crippen LogP contribution in [-0.2, 0) is 20.9 Å². The van der Waals surface area contributed by atoms with E-state index in [0.717, 1.165) is 22.0 Å². The highest BCUT2D eigenvalue weighted by molar-refractivity contribution is 9.10. The molecule has 10 heteroatoms. The minimum Gasteiger partial charge on any atom is -0.488 e. The Bertz CT molecular complexity index is 1130. The smallest absolute Gasteiger partial charge is 0.305 e. The minimum atomic E-state index is -0.264. The van der Waals surface area contributed by atoms with Crippen LogP contribution in [-0.4, -0.2) is 34.2 Å². The Morgan fingerprint density at radius 1 is 1.24 bits per heavy atom. The lowest BCUT2D eigenvalue weighted by atomic mass is 10.1. The monoisotopic (exact) mass is 601 g/mol. The highest BCUT2D eigenvalue weighted by Gasteiger charge is 2.32. The Hall–Kier alpha value is -1.58. The second kappa shape index (κ2) is 12.9. The standard InChI is InChI=1S/C24H22BrCl2NO4S2/c1-2-10-31-22(29)4-3-9-28-23(30)21(34-24(28)33)12-16-11-17(25)6-8-20(16)32-14-15-5-7-18(26)13-19(15)27/h5-8,11-13H,2-4,9-10,14H2,1H3/b21-12+. The van der Waals surface area contributed by atoms with Crippen LogP contribution in [0.4, 0.5) is 0 Å². The molecule has 1 fully saturated rings. The van der Waals surface area contributed by atoms with Crippen molar-refractivity contribution < 1.29 is 19.1 Å². The van der Waals surface area contributed by atoms with Gasteiger partial charge in [0.15, 0.2) is 0 Å². The van der Waals surface area contributed by atoms with E-state index < -0.39 is 0 Å². The Morgan fingerprint density at radius 3 is 2.76 bits per heavy atom. The molecule has 0 aromatic heterocycles. The zero-order valence-electron chi connectivity index (χ0n) is 18.3. The van der Waals surface area contributed by atoms with Crippen LogP contribution >= 0.6 is 63.1 Å². The maximum atomic E-state index is 13.0. The van der Waals surface area contributed by atoms with Crippen LogP contribution in [0.15, 0.2) is 45.8 Å². The van der Waals surface area contributed by atoms with Gasteiger partial charge in [-0.3, -0.25) is 14.5 Å². The number of thiocarbonyl (C=S) groups is 1. The summed E-state index contributed by atoms with van der Waals surface area (Å²) in [5, 5.41) is 1.07. The predicted octanol–water partition coefficient (Wildman–Crippen LogP) is 7.27. The Balaban J connectivity index is 1.69. The first-order valence-electron chi connectivity index (χ1n) is 10.6. The molecule has 0 bridgehead atoms. The number of carbonyl (C=O) groups excluding carboxylic acids is 2. The van der Waals surface area contributed by atoms with Crippen LogP contribution in [0.3, 0.4) is 0 Å². The van der Waals surface area contributed by atoms with Crippen molar-refractivity contribution >= 4 is 85.4 Å². The molecule has 0 N–H and O–H groups in total. The summed E-state index contributed by atoms with van der Waals surface area (Å²) < 4.78 is 12.4. The van der Waals surface area contributed by atoms with Gasteiger partial charge in [-0.15, -0.1) is 0 Å². The van der Waals surface area contributed by atoms with Gasteiger partial charge in [-0.2, -0.15) is 0 Å². The average Bonchev–Trinajstić information content (AvgIpc) is 3.05. The third-order valence-corrected chi connectivity index (χ3v) is 7.22. The topological polar surface area (TPSA) is 55.8 Å². The number of rotatable bonds is 10. The molecule has 5 nitrogen and oxygen atoms in total. The summed E-state index contributed by atoms with van der Waals surface area (Å²) in [5.41, 5.74) is 1.52. The zero-order chi connectivity index (χ0) is 24.7. The van der Waals surface area contributed by atoms with E-state index in [0.29, 0.717) is 44.6 Å². The van der Waals surface area contributed by atoms with E-state index in [2.05, 4.69) is 15.9 Å². The van der Waals surface area contributed by atoms with Gasteiger partial charge in [0.25, 0.3) is 5.91 Å². The number of ether oxygens (including phenoxy) is 2. The molecule has 2 aromatic rings. The van der Waals surface area contributed by atoms with Gasteiger partial charge in [-0.05, 0) is 49.2 Å². The summed E-state index contributed by atoms with van der Waals surface area (Å²) in [6.07, 6.45) is 3.26. The molecule has 2 aromatic carbocycles. The van der Waals surface area contributed by atoms with E-state index in [4.69, 9.17) is 44.9 Å². The molecule has 0 saturated carbocycles. The zero-order valence-corrected chi connectivity index (χ0v) is 23.0. The molecular weight excluding hydrogens is 581 g/mol. The molecule has 1 heterocycles. The number of thioether (sulfide) groups is 1. The molecular formula is C24H22BrCl2NO4S2. The second-order valence-electron chi connectivity index (χ2n) is 7.36. The number of benzene rings is 2. The average molecular weight is 603 g/mol. The summed E-state index contributed by atoms with van der Waals surface area (Å²) in [5.74, 6) is 0.140. The highest BCUT2D eigenvalue weighted by Crippen LogP contribution is 2.35. The first kappa shape index (κ1) is 27.0. The molecule has 0 unspecified atom stereocenters. The maximum Gasteiger partial charge on any atom is 0.305 e. The number of hydrogen-bond acceptors (Lipinski definition) is 6. The molecule has 0 spiro atoms. The Morgan fingerprint density at radius 2 is 2.03 bits per heavy atom. The third-order valence-electron chi connectivity index (χ3n) is 4.76. The van der Waals surface area contributed by atoms with E-state index in [1.807, 2.05) is 31.2 Å². The first-order chi connectivity index (χ1) is 16.3. The van der Waals surface area contributed by atoms with Crippen molar-refractivity contribution in [3.05, 3.63) is 66.9 Å². The van der Waals surface area contributed by atoms with E-state index >= 15 is 0 Å². The van der Waals surface area contributed by atoms with Gasteiger partial charge in [-0.1, -0.05) is 76.1 Å². The van der Waals surface area contributed by atoms with Crippen LogP contribution in [0.5, 0.6) is 5.75 Å². The van der Waals surface area contributed by atoms with Gasteiger partial charge in [0.2, 0.25) is 0 Å². The van der Waals surface area contributed by atoms with Crippen LogP contribution in [0.1, 0.15) is 37.3 Å². The number of halogens is 3. The molecule has 3 rings (SSSR count). The van der Waals surface area contributed by atoms with Crippen molar-refractivity contribution in [1.29, 1.82) is 0 Å². The molecule has 1 saturated heterocycles. The van der Waals surface area contributed by atoms with Crippen molar-refractivity contribution in [3.63, 3.8) is 0 Å². The van der Waals surface area contributed by atoms with Crippen LogP contribution in [0.25, 0.3) is 6.08 Å². The largest absolute Gasteiger partial charge is 0.488 e. The Kier molecular flexibility index (Phi) is 10.3. The molecule has 180 valence electrons. The SMILES string of the molecule is CCCOC(=O)CCCN1C(=O)/C(=C\c2cc(Br)ccc2OCc2ccc(Cl)cc2Cl)SC1=S. The van der Waals surface area contributed by atoms with Gasteiger partial charge in [0.1, 0.15) is 16.7 Å². The molecule has 1 amide bonds. The minimum absolute atomic E-state index is 0.191. The number of esters is 1. The van der Waals surface area contributed by atoms with Crippen molar-refractivity contribution in [2.75, 3.05) is 13.2 Å². The lowest BCUT2D eigenvalue weighted by Gasteiger charge is -2.14. The quantitative estimate of drug-likeness (QED) is 0.162. The van der Waals surface area contributed by atoms with Crippen molar-refractivity contribution in [1.82, 2.24) is 4.90 Å². The van der Waals surface area contributed by atoms with Gasteiger partial charge >= 0.3 is 5.97 Å².